The Morgan fingerprint density at radius 2 is 1.35 bits per heavy atom. The fourth-order valence-electron chi connectivity index (χ4n) is 11.1. The fraction of sp³-hybridized carbons (Fsp3) is 0.609. The van der Waals surface area contributed by atoms with Gasteiger partial charge < -0.3 is 10.0 Å². The highest BCUT2D eigenvalue weighted by Crippen LogP contribution is 2.57. The van der Waals surface area contributed by atoms with Crippen molar-refractivity contribution in [3.05, 3.63) is 71.9 Å². The molecule has 4 saturated carbocycles. The molecule has 5 fully saturated rings. The largest absolute Gasteiger partial charge is 0.395 e. The van der Waals surface area contributed by atoms with E-state index in [9.17, 15) is 5.11 Å². The van der Waals surface area contributed by atoms with Crippen LogP contribution in [0.3, 0.4) is 0 Å². The molecule has 278 valence electrons. The number of aromatic nitrogens is 3. The molecule has 3 heterocycles. The lowest BCUT2D eigenvalue weighted by atomic mass is 9.51. The van der Waals surface area contributed by atoms with Crippen LogP contribution in [0.5, 0.6) is 0 Å². The van der Waals surface area contributed by atoms with Crippen LogP contribution in [0.2, 0.25) is 0 Å². The lowest BCUT2D eigenvalue weighted by molar-refractivity contribution is -0.0404. The highest BCUT2D eigenvalue weighted by molar-refractivity contribution is 5.83. The van der Waals surface area contributed by atoms with Crippen LogP contribution in [0.15, 0.2) is 60.7 Å². The second kappa shape index (κ2) is 16.8. The van der Waals surface area contributed by atoms with Gasteiger partial charge in [0.25, 0.3) is 0 Å². The molecule has 4 aliphatic carbocycles. The molecule has 0 spiro atoms. The summed E-state index contributed by atoms with van der Waals surface area (Å²) in [6, 6.07) is 21.9. The van der Waals surface area contributed by atoms with Crippen molar-refractivity contribution in [2.45, 2.75) is 110 Å². The molecule has 0 atom stereocenters. The molecule has 4 aromatic rings. The minimum Gasteiger partial charge on any atom is -0.395 e. The quantitative estimate of drug-likeness (QED) is 0.111. The van der Waals surface area contributed by atoms with Gasteiger partial charge >= 0.3 is 0 Å². The highest BCUT2D eigenvalue weighted by Gasteiger charge is 2.47. The molecule has 6 heteroatoms. The number of aryl methyl sites for hydroxylation is 2. The minimum absolute atomic E-state index is 0.208. The Labute approximate surface area is 313 Å². The van der Waals surface area contributed by atoms with E-state index in [1.54, 1.807) is 38.5 Å². The van der Waals surface area contributed by atoms with Gasteiger partial charge in [-0.3, -0.25) is 4.90 Å². The Morgan fingerprint density at radius 1 is 0.692 bits per heavy atom. The van der Waals surface area contributed by atoms with Crippen LogP contribution in [0.1, 0.15) is 108 Å². The smallest absolute Gasteiger partial charge is 0.166 e. The number of anilines is 1. The molecule has 5 aliphatic rings. The van der Waals surface area contributed by atoms with Crippen molar-refractivity contribution in [2.75, 3.05) is 44.2 Å². The van der Waals surface area contributed by atoms with Crippen molar-refractivity contribution >= 4 is 11.5 Å². The number of hydrogen-bond acceptors (Lipinski definition) is 5. The third kappa shape index (κ3) is 8.14. The maximum absolute atomic E-state index is 9.48. The monoisotopic (exact) mass is 702 g/mol. The lowest BCUT2D eigenvalue weighted by Crippen LogP contribution is -2.47. The zero-order valence-electron chi connectivity index (χ0n) is 31.9. The third-order valence-corrected chi connectivity index (χ3v) is 13.6. The zero-order chi connectivity index (χ0) is 35.3. The summed E-state index contributed by atoms with van der Waals surface area (Å²) in [5, 5.41) is 14.5. The Balaban J connectivity index is 0.832. The number of aliphatic hydroxyl groups is 1. The van der Waals surface area contributed by atoms with E-state index in [1.807, 2.05) is 0 Å². The van der Waals surface area contributed by atoms with Crippen molar-refractivity contribution in [3.63, 3.8) is 0 Å². The van der Waals surface area contributed by atoms with Crippen LogP contribution in [-0.2, 0) is 6.42 Å². The van der Waals surface area contributed by atoms with Gasteiger partial charge in [-0.05, 0) is 105 Å². The van der Waals surface area contributed by atoms with Crippen molar-refractivity contribution < 1.29 is 5.11 Å². The maximum Gasteiger partial charge on any atom is 0.166 e. The number of benzene rings is 2. The van der Waals surface area contributed by atoms with Gasteiger partial charge in [0.05, 0.1) is 18.0 Å². The predicted molar refractivity (Wildman–Crippen MR) is 215 cm³/mol. The van der Waals surface area contributed by atoms with Gasteiger partial charge in [-0.15, -0.1) is 0 Å². The van der Waals surface area contributed by atoms with Crippen LogP contribution >= 0.6 is 0 Å². The third-order valence-electron chi connectivity index (χ3n) is 13.6. The van der Waals surface area contributed by atoms with Crippen molar-refractivity contribution in [1.29, 1.82) is 0 Å². The average Bonchev–Trinajstić information content (AvgIpc) is 3.50. The first-order valence-electron chi connectivity index (χ1n) is 21.3. The summed E-state index contributed by atoms with van der Waals surface area (Å²) in [5.74, 6) is 6.67. The summed E-state index contributed by atoms with van der Waals surface area (Å²) in [6.45, 7) is 6.72. The van der Waals surface area contributed by atoms with Crippen molar-refractivity contribution in [3.8, 4) is 22.4 Å². The van der Waals surface area contributed by atoms with Crippen LogP contribution < -0.4 is 4.90 Å². The number of hydrogen-bond donors (Lipinski definition) is 1. The summed E-state index contributed by atoms with van der Waals surface area (Å²) in [6.07, 6.45) is 23.2. The second-order valence-electron chi connectivity index (χ2n) is 17.1. The molecular weight excluding hydrogens is 639 g/mol. The van der Waals surface area contributed by atoms with Crippen LogP contribution in [0.25, 0.3) is 28.0 Å². The lowest BCUT2D eigenvalue weighted by Gasteiger charge is -2.54. The molecule has 0 amide bonds. The molecule has 0 radical (unpaired) electrons. The first-order chi connectivity index (χ1) is 25.6. The van der Waals surface area contributed by atoms with E-state index in [0.717, 1.165) is 103 Å². The second-order valence-corrected chi connectivity index (χ2v) is 17.1. The molecule has 1 N–H and O–H groups in total. The Morgan fingerprint density at radius 3 is 2.04 bits per heavy atom. The molecule has 4 bridgehead atoms. The topological polar surface area (TPSA) is 56.9 Å². The summed E-state index contributed by atoms with van der Waals surface area (Å²) in [4.78, 5) is 10.1. The maximum atomic E-state index is 9.48. The van der Waals surface area contributed by atoms with Gasteiger partial charge in [0, 0.05) is 49.9 Å². The Hall–Kier alpha value is -3.22. The number of fused-ring (bicyclic) bond motifs is 1. The van der Waals surface area contributed by atoms with E-state index in [0.29, 0.717) is 0 Å². The van der Waals surface area contributed by atoms with Gasteiger partial charge in [0.15, 0.2) is 5.65 Å². The highest BCUT2D eigenvalue weighted by atomic mass is 16.3. The number of aliphatic hydroxyl groups excluding tert-OH is 1. The van der Waals surface area contributed by atoms with Gasteiger partial charge in [-0.2, -0.15) is 9.61 Å². The SMILES string of the molecule is Cc1nn2c(N3CCN(CCO)CC3)cc(-c3cccc(CCCCCCCCCCCC4C5CC6CC(C5)CC4C6)c3)nc2c1-c1ccccc1. The normalized spacial score (nSPS) is 24.3. The number of piperazine rings is 1. The van der Waals surface area contributed by atoms with E-state index in [1.165, 1.54) is 68.9 Å². The van der Waals surface area contributed by atoms with E-state index in [-0.39, 0.29) is 6.61 Å². The fourth-order valence-corrected chi connectivity index (χ4v) is 11.1. The van der Waals surface area contributed by atoms with E-state index in [4.69, 9.17) is 10.1 Å². The average molecular weight is 702 g/mol. The summed E-state index contributed by atoms with van der Waals surface area (Å²) < 4.78 is 2.07. The molecule has 0 unspecified atom stereocenters. The molecule has 52 heavy (non-hydrogen) atoms. The summed E-state index contributed by atoms with van der Waals surface area (Å²) >= 11 is 0. The minimum atomic E-state index is 0.208. The zero-order valence-corrected chi connectivity index (χ0v) is 31.9. The number of unbranched alkanes of at least 4 members (excludes halogenated alkanes) is 8. The van der Waals surface area contributed by atoms with Crippen molar-refractivity contribution in [1.82, 2.24) is 19.5 Å². The molecule has 6 nitrogen and oxygen atoms in total. The summed E-state index contributed by atoms with van der Waals surface area (Å²) in [5.41, 5.74) is 7.78. The first-order valence-corrected chi connectivity index (χ1v) is 21.3. The van der Waals surface area contributed by atoms with Gasteiger partial charge in [-0.25, -0.2) is 4.98 Å². The van der Waals surface area contributed by atoms with Crippen molar-refractivity contribution in [2.24, 2.45) is 29.6 Å². The van der Waals surface area contributed by atoms with E-state index < -0.39 is 0 Å². The first kappa shape index (κ1) is 35.8. The number of nitrogens with zero attached hydrogens (tertiary/aromatic N) is 5. The van der Waals surface area contributed by atoms with Gasteiger partial charge in [0.1, 0.15) is 5.82 Å². The van der Waals surface area contributed by atoms with Crippen LogP contribution in [0, 0.1) is 36.5 Å². The summed E-state index contributed by atoms with van der Waals surface area (Å²) in [7, 11) is 0. The number of rotatable bonds is 17. The molecule has 1 saturated heterocycles. The Bertz CT molecular complexity index is 1710. The standard InChI is InChI=1S/C46H63N5O/c1-34-45(38-17-11-9-12-18-38)46-47-43(33-44(51(46)48-34)50-23-21-49(22-24-50)25-26-52)39-19-14-16-35(28-39)15-10-7-5-3-2-4-6-8-13-20-42-40-29-36-27-37(31-40)32-41(42)30-36/h9,11-12,14,16-19,28,33,36-37,40-42,52H,2-8,10,13,15,20-27,29-32H2,1H3. The molecule has 2 aromatic heterocycles. The van der Waals surface area contributed by atoms with Gasteiger partial charge in [0.2, 0.25) is 0 Å². The van der Waals surface area contributed by atoms with E-state index in [2.05, 4.69) is 81.9 Å². The number of β-amino-alcohol motifs (C(OH)–C–C–N with tert-alkyl or cyclic N) is 1. The molecule has 1 aliphatic heterocycles. The van der Waals surface area contributed by atoms with Gasteiger partial charge in [-0.1, -0.05) is 99.9 Å². The molecular formula is C46H63N5O. The predicted octanol–water partition coefficient (Wildman–Crippen LogP) is 10.0. The van der Waals surface area contributed by atoms with Crippen LogP contribution in [-0.4, -0.2) is 63.9 Å². The molecule has 9 rings (SSSR count). The molecule has 2 aromatic carbocycles. The van der Waals surface area contributed by atoms with Crippen LogP contribution in [0.4, 0.5) is 5.82 Å². The Kier molecular flexibility index (Phi) is 11.6. The van der Waals surface area contributed by atoms with E-state index >= 15 is 0 Å².